The van der Waals surface area contributed by atoms with E-state index in [9.17, 15) is 8.42 Å². The van der Waals surface area contributed by atoms with E-state index in [0.717, 1.165) is 4.47 Å². The molecule has 102 valence electrons. The van der Waals surface area contributed by atoms with Gasteiger partial charge in [0.1, 0.15) is 4.90 Å². The van der Waals surface area contributed by atoms with Crippen molar-refractivity contribution >= 4 is 37.6 Å². The molecule has 4 nitrogen and oxygen atoms in total. The second kappa shape index (κ2) is 6.86. The van der Waals surface area contributed by atoms with Crippen molar-refractivity contribution in [1.29, 1.82) is 0 Å². The second-order valence-electron chi connectivity index (χ2n) is 3.56. The number of halogens is 2. The summed E-state index contributed by atoms with van der Waals surface area (Å²) in [5, 5.41) is 0.209. The third kappa shape index (κ3) is 3.68. The molecule has 0 N–H and O–H groups in total. The zero-order valence-corrected chi connectivity index (χ0v) is 13.3. The van der Waals surface area contributed by atoms with Gasteiger partial charge in [0.15, 0.2) is 0 Å². The summed E-state index contributed by atoms with van der Waals surface area (Å²) in [5.41, 5.74) is 0. The molecule has 0 unspecified atom stereocenters. The summed E-state index contributed by atoms with van der Waals surface area (Å²) in [6.07, 6.45) is 0. The van der Waals surface area contributed by atoms with E-state index in [1.54, 1.807) is 19.1 Å². The van der Waals surface area contributed by atoms with Crippen molar-refractivity contribution in [3.8, 4) is 0 Å². The Balaban J connectivity index is 3.10. The lowest BCUT2D eigenvalue weighted by molar-refractivity contribution is 0.180. The first-order chi connectivity index (χ1) is 8.43. The standard InChI is InChI=1S/C11H15BrClNO3S/c1-3-14(6-7-17-2)18(15,16)11-5-4-9(12)8-10(11)13/h4-5,8H,3,6-7H2,1-2H3. The lowest BCUT2D eigenvalue weighted by Gasteiger charge is -2.20. The molecule has 0 fully saturated rings. The van der Waals surface area contributed by atoms with Crippen molar-refractivity contribution in [3.63, 3.8) is 0 Å². The third-order valence-corrected chi connectivity index (χ3v) is 5.36. The maximum absolute atomic E-state index is 12.4. The number of ether oxygens (including phenoxy) is 1. The van der Waals surface area contributed by atoms with Gasteiger partial charge in [-0.15, -0.1) is 0 Å². The van der Waals surface area contributed by atoms with Gasteiger partial charge in [0.2, 0.25) is 10.0 Å². The van der Waals surface area contributed by atoms with Crippen LogP contribution in [0.1, 0.15) is 6.92 Å². The Bertz CT molecular complexity index is 507. The normalized spacial score (nSPS) is 12.1. The van der Waals surface area contributed by atoms with Gasteiger partial charge >= 0.3 is 0 Å². The minimum absolute atomic E-state index is 0.116. The summed E-state index contributed by atoms with van der Waals surface area (Å²) in [7, 11) is -2.04. The van der Waals surface area contributed by atoms with Gasteiger partial charge in [-0.1, -0.05) is 34.5 Å². The van der Waals surface area contributed by atoms with Crippen LogP contribution >= 0.6 is 27.5 Å². The Kier molecular flexibility index (Phi) is 6.07. The van der Waals surface area contributed by atoms with E-state index in [1.165, 1.54) is 17.5 Å². The summed E-state index contributed by atoms with van der Waals surface area (Å²) in [6, 6.07) is 4.72. The lowest BCUT2D eigenvalue weighted by Crippen LogP contribution is -2.33. The van der Waals surface area contributed by atoms with Gasteiger partial charge in [0, 0.05) is 24.7 Å². The minimum atomic E-state index is -3.57. The number of rotatable bonds is 6. The van der Waals surface area contributed by atoms with Gasteiger partial charge in [0.05, 0.1) is 11.6 Å². The van der Waals surface area contributed by atoms with Crippen molar-refractivity contribution in [3.05, 3.63) is 27.7 Å². The molecule has 0 aromatic heterocycles. The highest BCUT2D eigenvalue weighted by Gasteiger charge is 2.25. The van der Waals surface area contributed by atoms with E-state index in [0.29, 0.717) is 19.7 Å². The smallest absolute Gasteiger partial charge is 0.244 e. The van der Waals surface area contributed by atoms with Crippen LogP contribution in [0.5, 0.6) is 0 Å². The zero-order valence-electron chi connectivity index (χ0n) is 10.2. The number of benzene rings is 1. The molecule has 0 spiro atoms. The second-order valence-corrected chi connectivity index (χ2v) is 6.79. The van der Waals surface area contributed by atoms with E-state index in [4.69, 9.17) is 16.3 Å². The number of likely N-dealkylation sites (N-methyl/N-ethyl adjacent to an activating group) is 1. The van der Waals surface area contributed by atoms with Crippen LogP contribution in [0, 0.1) is 0 Å². The molecule has 0 amide bonds. The highest BCUT2D eigenvalue weighted by atomic mass is 79.9. The summed E-state index contributed by atoms with van der Waals surface area (Å²) in [6.45, 7) is 2.81. The molecule has 0 saturated carbocycles. The monoisotopic (exact) mass is 355 g/mol. The van der Waals surface area contributed by atoms with Gasteiger partial charge in [-0.3, -0.25) is 0 Å². The fraction of sp³-hybridized carbons (Fsp3) is 0.455. The van der Waals surface area contributed by atoms with Crippen molar-refractivity contribution in [2.24, 2.45) is 0 Å². The van der Waals surface area contributed by atoms with E-state index in [-0.39, 0.29) is 9.92 Å². The number of methoxy groups -OCH3 is 1. The molecule has 1 aromatic rings. The van der Waals surface area contributed by atoms with Gasteiger partial charge in [-0.2, -0.15) is 4.31 Å². The van der Waals surface area contributed by atoms with Crippen molar-refractivity contribution in [2.75, 3.05) is 26.8 Å². The molecule has 7 heteroatoms. The summed E-state index contributed by atoms with van der Waals surface area (Å²) in [5.74, 6) is 0. The van der Waals surface area contributed by atoms with Crippen LogP contribution in [0.3, 0.4) is 0 Å². The van der Waals surface area contributed by atoms with Crippen LogP contribution in [-0.2, 0) is 14.8 Å². The Hall–Kier alpha value is -0.140. The molecule has 0 radical (unpaired) electrons. The summed E-state index contributed by atoms with van der Waals surface area (Å²) in [4.78, 5) is 0.116. The number of nitrogens with zero attached hydrogens (tertiary/aromatic N) is 1. The van der Waals surface area contributed by atoms with Crippen LogP contribution in [0.15, 0.2) is 27.6 Å². The molecule has 0 aliphatic rings. The predicted molar refractivity (Wildman–Crippen MR) is 75.5 cm³/mol. The van der Waals surface area contributed by atoms with Crippen molar-refractivity contribution in [2.45, 2.75) is 11.8 Å². The fourth-order valence-corrected chi connectivity index (χ4v) is 3.91. The molecule has 0 bridgehead atoms. The highest BCUT2D eigenvalue weighted by molar-refractivity contribution is 9.10. The number of sulfonamides is 1. The van der Waals surface area contributed by atoms with E-state index < -0.39 is 10.0 Å². The van der Waals surface area contributed by atoms with E-state index >= 15 is 0 Å². The van der Waals surface area contributed by atoms with Crippen LogP contribution in [-0.4, -0.2) is 39.5 Å². The van der Waals surface area contributed by atoms with Crippen molar-refractivity contribution in [1.82, 2.24) is 4.31 Å². The fourth-order valence-electron chi connectivity index (χ4n) is 1.46. The molecule has 0 saturated heterocycles. The number of hydrogen-bond donors (Lipinski definition) is 0. The maximum atomic E-state index is 12.4. The SMILES string of the molecule is CCN(CCOC)S(=O)(=O)c1ccc(Br)cc1Cl. The largest absolute Gasteiger partial charge is 0.383 e. The molecular formula is C11H15BrClNO3S. The van der Waals surface area contributed by atoms with E-state index in [2.05, 4.69) is 15.9 Å². The molecule has 0 aliphatic heterocycles. The van der Waals surface area contributed by atoms with Crippen LogP contribution in [0.2, 0.25) is 5.02 Å². The molecule has 1 aromatic carbocycles. The Morgan fingerprint density at radius 2 is 2.11 bits per heavy atom. The lowest BCUT2D eigenvalue weighted by atomic mass is 10.4. The first-order valence-electron chi connectivity index (χ1n) is 5.37. The summed E-state index contributed by atoms with van der Waals surface area (Å²) >= 11 is 9.23. The Labute approximate surface area is 121 Å². The quantitative estimate of drug-likeness (QED) is 0.787. The van der Waals surface area contributed by atoms with Crippen LogP contribution < -0.4 is 0 Å². The molecule has 0 heterocycles. The molecule has 1 rings (SSSR count). The van der Waals surface area contributed by atoms with Crippen molar-refractivity contribution < 1.29 is 13.2 Å². The summed E-state index contributed by atoms with van der Waals surface area (Å²) < 4.78 is 31.7. The average Bonchev–Trinajstić information content (AvgIpc) is 2.29. The first kappa shape index (κ1) is 15.9. The van der Waals surface area contributed by atoms with E-state index in [1.807, 2.05) is 0 Å². The molecule has 0 aliphatic carbocycles. The number of hydrogen-bond acceptors (Lipinski definition) is 3. The molecule has 18 heavy (non-hydrogen) atoms. The Morgan fingerprint density at radius 1 is 1.44 bits per heavy atom. The van der Waals surface area contributed by atoms with Crippen LogP contribution in [0.25, 0.3) is 0 Å². The highest BCUT2D eigenvalue weighted by Crippen LogP contribution is 2.27. The average molecular weight is 357 g/mol. The topological polar surface area (TPSA) is 46.6 Å². The van der Waals surface area contributed by atoms with Gasteiger partial charge < -0.3 is 4.74 Å². The van der Waals surface area contributed by atoms with Gasteiger partial charge in [-0.25, -0.2) is 8.42 Å². The van der Waals surface area contributed by atoms with Gasteiger partial charge in [0.25, 0.3) is 0 Å². The minimum Gasteiger partial charge on any atom is -0.383 e. The Morgan fingerprint density at radius 3 is 2.61 bits per heavy atom. The van der Waals surface area contributed by atoms with Gasteiger partial charge in [-0.05, 0) is 18.2 Å². The zero-order chi connectivity index (χ0) is 13.8. The third-order valence-electron chi connectivity index (χ3n) is 2.41. The molecular weight excluding hydrogens is 342 g/mol. The van der Waals surface area contributed by atoms with Crippen LogP contribution in [0.4, 0.5) is 0 Å². The predicted octanol–water partition coefficient (Wildman–Crippen LogP) is 2.76. The first-order valence-corrected chi connectivity index (χ1v) is 7.98. The molecule has 0 atom stereocenters. The maximum Gasteiger partial charge on any atom is 0.244 e.